The average Bonchev–Trinajstić information content (AvgIpc) is 3.19. The van der Waals surface area contributed by atoms with Crippen LogP contribution in [0.25, 0.3) is 0 Å². The van der Waals surface area contributed by atoms with Crippen LogP contribution in [0, 0.1) is 17.8 Å². The highest BCUT2D eigenvalue weighted by Crippen LogP contribution is 2.37. The number of carbonyl (C=O) groups excluding carboxylic acids is 3. The standard InChI is InChI=1S/C48H76N2O13/c1-29(2)25-38(53)61-46-33(6)59-40(28-48(46,7)56)62-43-32(5)60-47(42(55)41(43)50(8)9)63-44-35(22-24-49-23-21-34-18-14-12-15-19-34)26-30(3)36(51)20-16-11-13-17-31(4)58-39(54)27-37(52)45(44)57-10/h11-16,18-20,29-33,35,37,40-47,49,52,55-56H,17,21-28H2,1-10H3/t30-,31-,32-,33?,35+,37-,40?,41-,42-,43-,44+,45+,46?,47+,48?/m1/s1. The Kier molecular flexibility index (Phi) is 20.8. The molecule has 0 saturated carbocycles. The first-order valence-electron chi connectivity index (χ1n) is 22.7. The van der Waals surface area contributed by atoms with Crippen LogP contribution in [0.2, 0.25) is 0 Å². The molecule has 63 heavy (non-hydrogen) atoms. The largest absolute Gasteiger partial charge is 0.462 e. The molecule has 1 aromatic carbocycles. The van der Waals surface area contributed by atoms with Gasteiger partial charge >= 0.3 is 11.9 Å². The van der Waals surface area contributed by atoms with Gasteiger partial charge in [-0.2, -0.15) is 0 Å². The molecule has 4 rings (SSSR count). The van der Waals surface area contributed by atoms with E-state index in [1.54, 1.807) is 58.8 Å². The lowest BCUT2D eigenvalue weighted by Crippen LogP contribution is -2.66. The van der Waals surface area contributed by atoms with Crippen LogP contribution >= 0.6 is 0 Å². The number of methoxy groups -OCH3 is 1. The predicted octanol–water partition coefficient (Wildman–Crippen LogP) is 4.28. The number of ether oxygens (including phenoxy) is 7. The number of carbonyl (C=O) groups is 3. The van der Waals surface area contributed by atoms with Crippen LogP contribution in [0.15, 0.2) is 54.6 Å². The van der Waals surface area contributed by atoms with Gasteiger partial charge in [0.05, 0.1) is 36.9 Å². The summed E-state index contributed by atoms with van der Waals surface area (Å²) in [6, 6.07) is 9.40. The van der Waals surface area contributed by atoms with E-state index in [0.717, 1.165) is 6.42 Å². The molecular formula is C48H76N2O13. The van der Waals surface area contributed by atoms with Crippen molar-refractivity contribution in [3.8, 4) is 0 Å². The lowest BCUT2D eigenvalue weighted by atomic mass is 9.82. The highest BCUT2D eigenvalue weighted by molar-refractivity contribution is 5.91. The Hall–Kier alpha value is -3.09. The molecule has 1 aromatic rings. The van der Waals surface area contributed by atoms with Crippen molar-refractivity contribution < 1.29 is 62.9 Å². The molecule has 2 fully saturated rings. The molecule has 3 aliphatic heterocycles. The SMILES string of the molecule is CO[C@@H]1[C@@H](O[C@@H]2O[C@H](C)[C@@H](OC3CC(C)(O)C(OC(=O)CC(C)C)C(C)O3)[C@H](N(C)C)[C@H]2O)[C@@H](CCNCCc2ccccc2)C[C@@H](C)C(=O)C=CC=CC[C@@H](C)OC(=O)C[C@H]1O. The topological polar surface area (TPSA) is 192 Å². The summed E-state index contributed by atoms with van der Waals surface area (Å²) in [4.78, 5) is 41.1. The van der Waals surface area contributed by atoms with Crippen LogP contribution in [0.1, 0.15) is 92.6 Å². The number of allylic oxidation sites excluding steroid dienone is 3. The molecule has 0 bridgehead atoms. The van der Waals surface area contributed by atoms with E-state index in [2.05, 4.69) is 17.4 Å². The predicted molar refractivity (Wildman–Crippen MR) is 236 cm³/mol. The molecule has 0 aromatic heterocycles. The van der Waals surface area contributed by atoms with E-state index < -0.39 is 103 Å². The van der Waals surface area contributed by atoms with Crippen molar-refractivity contribution in [3.05, 3.63) is 60.2 Å². The molecule has 3 aliphatic rings. The molecule has 15 nitrogen and oxygen atoms in total. The number of aliphatic hydroxyl groups is 3. The Labute approximate surface area is 374 Å². The highest BCUT2D eigenvalue weighted by Gasteiger charge is 2.52. The average molecular weight is 889 g/mol. The van der Waals surface area contributed by atoms with Gasteiger partial charge in [0.15, 0.2) is 24.5 Å². The van der Waals surface area contributed by atoms with Gasteiger partial charge < -0.3 is 58.7 Å². The summed E-state index contributed by atoms with van der Waals surface area (Å²) >= 11 is 0. The fourth-order valence-electron chi connectivity index (χ4n) is 8.89. The van der Waals surface area contributed by atoms with E-state index in [4.69, 9.17) is 33.2 Å². The van der Waals surface area contributed by atoms with Crippen molar-refractivity contribution in [1.82, 2.24) is 10.2 Å². The minimum absolute atomic E-state index is 0.0174. The number of nitrogens with one attached hydrogen (secondary N) is 1. The molecule has 15 atom stereocenters. The quantitative estimate of drug-likeness (QED) is 0.144. The van der Waals surface area contributed by atoms with Crippen LogP contribution in [0.3, 0.4) is 0 Å². The van der Waals surface area contributed by atoms with E-state index in [9.17, 15) is 29.7 Å². The van der Waals surface area contributed by atoms with Crippen LogP contribution in [0.4, 0.5) is 0 Å². The molecule has 0 spiro atoms. The lowest BCUT2D eigenvalue weighted by Gasteiger charge is -2.50. The first-order valence-corrected chi connectivity index (χ1v) is 22.7. The number of benzene rings is 1. The van der Waals surface area contributed by atoms with E-state index in [1.165, 1.54) is 18.7 Å². The summed E-state index contributed by atoms with van der Waals surface area (Å²) in [5, 5.41) is 39.0. The molecule has 15 heteroatoms. The van der Waals surface area contributed by atoms with Gasteiger partial charge in [-0.15, -0.1) is 0 Å². The zero-order chi connectivity index (χ0) is 46.4. The van der Waals surface area contributed by atoms with Gasteiger partial charge in [0.25, 0.3) is 0 Å². The van der Waals surface area contributed by atoms with E-state index in [0.29, 0.717) is 32.4 Å². The van der Waals surface area contributed by atoms with E-state index >= 15 is 0 Å². The maximum absolute atomic E-state index is 13.5. The van der Waals surface area contributed by atoms with Crippen LogP contribution in [-0.4, -0.2) is 151 Å². The van der Waals surface area contributed by atoms with Crippen molar-refractivity contribution in [2.45, 2.75) is 173 Å². The van der Waals surface area contributed by atoms with Gasteiger partial charge in [-0.05, 0) is 97.6 Å². The second kappa shape index (κ2) is 25.0. The van der Waals surface area contributed by atoms with Crippen LogP contribution in [0.5, 0.6) is 0 Å². The molecule has 0 aliphatic carbocycles. The first kappa shape index (κ1) is 52.5. The second-order valence-electron chi connectivity index (χ2n) is 18.6. The van der Waals surface area contributed by atoms with Gasteiger partial charge in [-0.1, -0.05) is 69.3 Å². The van der Waals surface area contributed by atoms with Crippen molar-refractivity contribution in [3.63, 3.8) is 0 Å². The Bertz CT molecular complexity index is 1620. The molecule has 0 radical (unpaired) electrons. The van der Waals surface area contributed by atoms with E-state index in [1.807, 2.05) is 45.0 Å². The summed E-state index contributed by atoms with van der Waals surface area (Å²) in [6.45, 7) is 13.8. The fourth-order valence-corrected chi connectivity index (χ4v) is 8.89. The summed E-state index contributed by atoms with van der Waals surface area (Å²) < 4.78 is 43.4. The zero-order valence-electron chi connectivity index (χ0n) is 39.1. The number of ketones is 1. The van der Waals surface area contributed by atoms with Gasteiger partial charge in [0, 0.05) is 32.3 Å². The van der Waals surface area contributed by atoms with E-state index in [-0.39, 0.29) is 31.0 Å². The van der Waals surface area contributed by atoms with Crippen molar-refractivity contribution in [1.29, 1.82) is 0 Å². The summed E-state index contributed by atoms with van der Waals surface area (Å²) in [5.74, 6) is -1.94. The maximum Gasteiger partial charge on any atom is 0.308 e. The van der Waals surface area contributed by atoms with Gasteiger partial charge in [0.1, 0.15) is 30.0 Å². The number of rotatable bonds is 15. The molecule has 3 heterocycles. The van der Waals surface area contributed by atoms with Crippen molar-refractivity contribution in [2.24, 2.45) is 17.8 Å². The zero-order valence-corrected chi connectivity index (χ0v) is 39.1. The van der Waals surface area contributed by atoms with Gasteiger partial charge in [-0.3, -0.25) is 14.4 Å². The molecule has 2 saturated heterocycles. The molecule has 4 N–H and O–H groups in total. The minimum atomic E-state index is -1.48. The lowest BCUT2D eigenvalue weighted by molar-refractivity contribution is -0.344. The Morgan fingerprint density at radius 2 is 1.68 bits per heavy atom. The fraction of sp³-hybridized carbons (Fsp3) is 0.729. The molecule has 0 amide bonds. The van der Waals surface area contributed by atoms with Crippen molar-refractivity contribution >= 4 is 17.7 Å². The monoisotopic (exact) mass is 889 g/mol. The third-order valence-corrected chi connectivity index (χ3v) is 12.2. The van der Waals surface area contributed by atoms with Gasteiger partial charge in [-0.25, -0.2) is 0 Å². The second-order valence-corrected chi connectivity index (χ2v) is 18.6. The molecule has 356 valence electrons. The Balaban J connectivity index is 1.62. The van der Waals surface area contributed by atoms with Gasteiger partial charge in [0.2, 0.25) is 0 Å². The molecule has 4 unspecified atom stereocenters. The number of cyclic esters (lactones) is 1. The normalized spacial score (nSPS) is 36.4. The highest BCUT2D eigenvalue weighted by atomic mass is 16.7. The Morgan fingerprint density at radius 1 is 0.968 bits per heavy atom. The van der Waals surface area contributed by atoms with Crippen molar-refractivity contribution in [2.75, 3.05) is 34.3 Å². The number of hydrogen-bond acceptors (Lipinski definition) is 15. The number of nitrogens with zero attached hydrogens (tertiary/aromatic N) is 1. The molecular weight excluding hydrogens is 813 g/mol. The summed E-state index contributed by atoms with van der Waals surface area (Å²) in [5.41, 5.74) is -0.288. The van der Waals surface area contributed by atoms with Crippen LogP contribution < -0.4 is 5.32 Å². The summed E-state index contributed by atoms with van der Waals surface area (Å²) in [6.07, 6.45) is -1.98. The number of likely N-dealkylation sites (N-methyl/N-ethyl adjacent to an activating group) is 1. The first-order chi connectivity index (χ1) is 29.8. The minimum Gasteiger partial charge on any atom is -0.462 e. The van der Waals surface area contributed by atoms with Crippen LogP contribution in [-0.2, 0) is 54.0 Å². The Morgan fingerprint density at radius 3 is 2.33 bits per heavy atom. The summed E-state index contributed by atoms with van der Waals surface area (Å²) in [7, 11) is 5.02. The number of hydrogen-bond donors (Lipinski definition) is 4. The third-order valence-electron chi connectivity index (χ3n) is 12.2. The number of esters is 2. The smallest absolute Gasteiger partial charge is 0.308 e. The maximum atomic E-state index is 13.5. The number of aliphatic hydroxyl groups excluding tert-OH is 2. The third kappa shape index (κ3) is 15.8.